The molecule has 0 aromatic carbocycles. The van der Waals surface area contributed by atoms with Crippen LogP contribution in [0.1, 0.15) is 58.8 Å². The van der Waals surface area contributed by atoms with Crippen molar-refractivity contribution in [2.45, 2.75) is 58.8 Å². The van der Waals surface area contributed by atoms with Gasteiger partial charge in [0, 0.05) is 13.2 Å². The molecule has 3 heteroatoms. The van der Waals surface area contributed by atoms with Crippen molar-refractivity contribution in [1.82, 2.24) is 5.48 Å². The number of hydroxylamine groups is 1. The largest absolute Gasteiger partial charge is 0.379 e. The van der Waals surface area contributed by atoms with Crippen LogP contribution in [0.25, 0.3) is 0 Å². The van der Waals surface area contributed by atoms with Gasteiger partial charge in [0.25, 0.3) is 0 Å². The maximum absolute atomic E-state index is 5.64. The highest BCUT2D eigenvalue weighted by Gasteiger charge is 2.27. The highest BCUT2D eigenvalue weighted by molar-refractivity contribution is 4.79. The summed E-state index contributed by atoms with van der Waals surface area (Å²) in [6, 6.07) is 0. The van der Waals surface area contributed by atoms with E-state index in [4.69, 9.17) is 9.57 Å². The van der Waals surface area contributed by atoms with E-state index in [2.05, 4.69) is 19.3 Å². The SMILES string of the molecule is CC(C)CC1CCC(C2CCNOCCOCC2)CC1. The fraction of sp³-hybridized carbons (Fsp3) is 1.00. The number of hydrogen-bond donors (Lipinski definition) is 1. The summed E-state index contributed by atoms with van der Waals surface area (Å²) in [6.45, 7) is 8.02. The van der Waals surface area contributed by atoms with Gasteiger partial charge in [0.2, 0.25) is 0 Å². The van der Waals surface area contributed by atoms with Crippen molar-refractivity contribution in [3.8, 4) is 0 Å². The average Bonchev–Trinajstić information content (AvgIpc) is 2.45. The van der Waals surface area contributed by atoms with Crippen LogP contribution in [-0.2, 0) is 9.57 Å². The highest BCUT2D eigenvalue weighted by atomic mass is 16.7. The predicted molar refractivity (Wildman–Crippen MR) is 82.4 cm³/mol. The molecule has 1 aliphatic carbocycles. The summed E-state index contributed by atoms with van der Waals surface area (Å²) in [5.41, 5.74) is 3.08. The molecule has 0 aromatic heterocycles. The first-order valence-corrected chi connectivity index (χ1v) is 8.68. The van der Waals surface area contributed by atoms with Crippen LogP contribution in [0.15, 0.2) is 0 Å². The fourth-order valence-electron chi connectivity index (χ4n) is 4.00. The molecule has 1 saturated carbocycles. The Kier molecular flexibility index (Phi) is 7.32. The van der Waals surface area contributed by atoms with E-state index in [9.17, 15) is 0 Å². The van der Waals surface area contributed by atoms with Gasteiger partial charge < -0.3 is 4.74 Å². The monoisotopic (exact) mass is 283 g/mol. The van der Waals surface area contributed by atoms with Crippen molar-refractivity contribution in [3.63, 3.8) is 0 Å². The molecule has 0 aromatic rings. The summed E-state index contributed by atoms with van der Waals surface area (Å²) < 4.78 is 5.64. The minimum absolute atomic E-state index is 0.672. The number of ether oxygens (including phenoxy) is 1. The second-order valence-corrected chi connectivity index (χ2v) is 7.10. The Morgan fingerprint density at radius 2 is 1.65 bits per heavy atom. The molecule has 118 valence electrons. The zero-order valence-corrected chi connectivity index (χ0v) is 13.4. The first-order valence-electron chi connectivity index (χ1n) is 8.68. The summed E-state index contributed by atoms with van der Waals surface area (Å²) in [7, 11) is 0. The second-order valence-electron chi connectivity index (χ2n) is 7.10. The lowest BCUT2D eigenvalue weighted by molar-refractivity contribution is -0.0220. The lowest BCUT2D eigenvalue weighted by Crippen LogP contribution is -2.29. The molecule has 1 N–H and O–H groups in total. The number of nitrogens with one attached hydrogen (secondary N) is 1. The average molecular weight is 283 g/mol. The van der Waals surface area contributed by atoms with Crippen LogP contribution in [0.5, 0.6) is 0 Å². The van der Waals surface area contributed by atoms with Gasteiger partial charge in [0.15, 0.2) is 0 Å². The zero-order chi connectivity index (χ0) is 14.2. The molecule has 0 radical (unpaired) electrons. The van der Waals surface area contributed by atoms with Crippen LogP contribution in [0.3, 0.4) is 0 Å². The van der Waals surface area contributed by atoms with Gasteiger partial charge in [-0.25, -0.2) is 5.48 Å². The van der Waals surface area contributed by atoms with Gasteiger partial charge in [-0.05, 0) is 55.8 Å². The quantitative estimate of drug-likeness (QED) is 0.855. The van der Waals surface area contributed by atoms with Crippen LogP contribution < -0.4 is 5.48 Å². The number of rotatable bonds is 3. The van der Waals surface area contributed by atoms with Gasteiger partial charge in [-0.1, -0.05) is 26.7 Å². The Labute approximate surface area is 124 Å². The molecule has 0 spiro atoms. The van der Waals surface area contributed by atoms with Crippen molar-refractivity contribution >= 4 is 0 Å². The molecule has 2 rings (SSSR count). The van der Waals surface area contributed by atoms with Crippen LogP contribution in [-0.4, -0.2) is 26.4 Å². The third-order valence-corrected chi connectivity index (χ3v) is 5.04. The van der Waals surface area contributed by atoms with Crippen LogP contribution in [0.2, 0.25) is 0 Å². The number of hydrogen-bond acceptors (Lipinski definition) is 3. The second kappa shape index (κ2) is 9.01. The van der Waals surface area contributed by atoms with E-state index in [-0.39, 0.29) is 0 Å². The van der Waals surface area contributed by atoms with E-state index in [0.29, 0.717) is 6.61 Å². The van der Waals surface area contributed by atoms with Crippen molar-refractivity contribution in [3.05, 3.63) is 0 Å². The summed E-state index contributed by atoms with van der Waals surface area (Å²) in [6.07, 6.45) is 9.67. The molecule has 3 nitrogen and oxygen atoms in total. The van der Waals surface area contributed by atoms with E-state index >= 15 is 0 Å². The van der Waals surface area contributed by atoms with Gasteiger partial charge in [0.1, 0.15) is 0 Å². The van der Waals surface area contributed by atoms with E-state index < -0.39 is 0 Å². The standard InChI is InChI=1S/C17H33NO2/c1-14(2)13-15-3-5-16(6-4-15)17-7-9-18-20-12-11-19-10-8-17/h14-18H,3-13H2,1-2H3. The first kappa shape index (κ1) is 16.3. The van der Waals surface area contributed by atoms with Gasteiger partial charge >= 0.3 is 0 Å². The lowest BCUT2D eigenvalue weighted by atomic mass is 9.72. The Bertz CT molecular complexity index is 239. The maximum atomic E-state index is 5.64. The summed E-state index contributed by atoms with van der Waals surface area (Å²) in [4.78, 5) is 5.33. The normalized spacial score (nSPS) is 34.0. The fourth-order valence-corrected chi connectivity index (χ4v) is 4.00. The molecular weight excluding hydrogens is 250 g/mol. The Balaban J connectivity index is 1.74. The van der Waals surface area contributed by atoms with Gasteiger partial charge in [-0.15, -0.1) is 0 Å². The van der Waals surface area contributed by atoms with Gasteiger partial charge in [-0.2, -0.15) is 0 Å². The van der Waals surface area contributed by atoms with Crippen molar-refractivity contribution < 1.29 is 9.57 Å². The van der Waals surface area contributed by atoms with Crippen LogP contribution in [0, 0.1) is 23.7 Å². The van der Waals surface area contributed by atoms with Crippen LogP contribution in [0.4, 0.5) is 0 Å². The topological polar surface area (TPSA) is 30.5 Å². The molecule has 2 fully saturated rings. The zero-order valence-electron chi connectivity index (χ0n) is 13.4. The van der Waals surface area contributed by atoms with E-state index in [1.807, 2.05) is 0 Å². The molecule has 1 atom stereocenters. The third kappa shape index (κ3) is 5.71. The molecule has 1 heterocycles. The Hall–Kier alpha value is -0.120. The Morgan fingerprint density at radius 1 is 0.900 bits per heavy atom. The maximum Gasteiger partial charge on any atom is 0.0916 e. The molecule has 0 amide bonds. The highest BCUT2D eigenvalue weighted by Crippen LogP contribution is 2.38. The summed E-state index contributed by atoms with van der Waals surface area (Å²) in [5.74, 6) is 3.59. The molecule has 1 unspecified atom stereocenters. The van der Waals surface area contributed by atoms with Crippen LogP contribution >= 0.6 is 0 Å². The van der Waals surface area contributed by atoms with E-state index in [1.165, 1.54) is 44.9 Å². The third-order valence-electron chi connectivity index (χ3n) is 5.04. The first-order chi connectivity index (χ1) is 9.75. The van der Waals surface area contributed by atoms with Gasteiger partial charge in [-0.3, -0.25) is 4.84 Å². The van der Waals surface area contributed by atoms with E-state index in [0.717, 1.165) is 43.4 Å². The molecule has 0 bridgehead atoms. The smallest absolute Gasteiger partial charge is 0.0916 e. The molecule has 20 heavy (non-hydrogen) atoms. The summed E-state index contributed by atoms with van der Waals surface area (Å²) in [5, 5.41) is 0. The van der Waals surface area contributed by atoms with Crippen molar-refractivity contribution in [1.29, 1.82) is 0 Å². The molecule has 1 saturated heterocycles. The molecular formula is C17H33NO2. The van der Waals surface area contributed by atoms with Crippen molar-refractivity contribution in [2.75, 3.05) is 26.4 Å². The predicted octanol–water partition coefficient (Wildman–Crippen LogP) is 3.79. The molecule has 1 aliphatic heterocycles. The summed E-state index contributed by atoms with van der Waals surface area (Å²) >= 11 is 0. The van der Waals surface area contributed by atoms with Crippen molar-refractivity contribution in [2.24, 2.45) is 23.7 Å². The van der Waals surface area contributed by atoms with E-state index in [1.54, 1.807) is 0 Å². The minimum Gasteiger partial charge on any atom is -0.379 e. The minimum atomic E-state index is 0.672. The molecule has 2 aliphatic rings. The van der Waals surface area contributed by atoms with Gasteiger partial charge in [0.05, 0.1) is 13.2 Å². The Morgan fingerprint density at radius 3 is 2.40 bits per heavy atom. The lowest BCUT2D eigenvalue weighted by Gasteiger charge is -2.35.